The van der Waals surface area contributed by atoms with Crippen LogP contribution in [0.1, 0.15) is 12.5 Å². The molecule has 0 saturated carbocycles. The highest BCUT2D eigenvalue weighted by molar-refractivity contribution is 9.10. The van der Waals surface area contributed by atoms with Gasteiger partial charge in [0, 0.05) is 4.47 Å². The zero-order valence-corrected chi connectivity index (χ0v) is 10.1. The van der Waals surface area contributed by atoms with Gasteiger partial charge in [-0.2, -0.15) is 0 Å². The van der Waals surface area contributed by atoms with Crippen LogP contribution in [0.2, 0.25) is 0 Å². The molecule has 0 radical (unpaired) electrons. The summed E-state index contributed by atoms with van der Waals surface area (Å²) in [5, 5.41) is 8.86. The molecule has 0 aliphatic carbocycles. The van der Waals surface area contributed by atoms with Gasteiger partial charge < -0.3 is 10.8 Å². The number of carboxylic acids is 1. The number of ketones is 1. The van der Waals surface area contributed by atoms with E-state index in [9.17, 15) is 9.59 Å². The lowest BCUT2D eigenvalue weighted by Crippen LogP contribution is -2.15. The van der Waals surface area contributed by atoms with Crippen molar-refractivity contribution in [2.24, 2.45) is 5.73 Å². The SMILES string of the molecule is CC(=O)C(C(=O)O)=C(N)c1ccc(Br)cc1. The van der Waals surface area contributed by atoms with E-state index >= 15 is 0 Å². The number of rotatable bonds is 3. The molecule has 0 amide bonds. The number of carboxylic acid groups (broad SMARTS) is 1. The van der Waals surface area contributed by atoms with Crippen molar-refractivity contribution in [2.45, 2.75) is 6.92 Å². The van der Waals surface area contributed by atoms with E-state index in [-0.39, 0.29) is 11.3 Å². The highest BCUT2D eigenvalue weighted by Crippen LogP contribution is 2.17. The van der Waals surface area contributed by atoms with Crippen LogP contribution in [0.25, 0.3) is 5.70 Å². The summed E-state index contributed by atoms with van der Waals surface area (Å²) < 4.78 is 0.851. The van der Waals surface area contributed by atoms with E-state index in [4.69, 9.17) is 10.8 Å². The minimum absolute atomic E-state index is 0.0208. The lowest BCUT2D eigenvalue weighted by molar-refractivity contribution is -0.134. The van der Waals surface area contributed by atoms with Crippen molar-refractivity contribution >= 4 is 33.4 Å². The number of carbonyl (C=O) groups is 2. The minimum Gasteiger partial charge on any atom is -0.477 e. The van der Waals surface area contributed by atoms with Crippen LogP contribution in [-0.2, 0) is 9.59 Å². The second-order valence-corrected chi connectivity index (χ2v) is 4.07. The van der Waals surface area contributed by atoms with Crippen molar-refractivity contribution in [3.8, 4) is 0 Å². The monoisotopic (exact) mass is 283 g/mol. The van der Waals surface area contributed by atoms with Crippen LogP contribution in [0.15, 0.2) is 34.3 Å². The maximum atomic E-state index is 11.1. The number of hydrogen-bond acceptors (Lipinski definition) is 3. The number of aliphatic carboxylic acids is 1. The molecule has 0 bridgehead atoms. The molecule has 1 aromatic rings. The fourth-order valence-electron chi connectivity index (χ4n) is 1.23. The Bertz CT molecular complexity index is 447. The van der Waals surface area contributed by atoms with E-state index in [1.54, 1.807) is 24.3 Å². The van der Waals surface area contributed by atoms with Gasteiger partial charge in [0.05, 0.1) is 5.70 Å². The van der Waals surface area contributed by atoms with Crippen LogP contribution in [0, 0.1) is 0 Å². The Morgan fingerprint density at radius 3 is 2.12 bits per heavy atom. The Hall–Kier alpha value is -1.62. The van der Waals surface area contributed by atoms with E-state index in [0.29, 0.717) is 5.56 Å². The third-order valence-electron chi connectivity index (χ3n) is 1.99. The molecule has 84 valence electrons. The van der Waals surface area contributed by atoms with Gasteiger partial charge in [0.15, 0.2) is 5.78 Å². The van der Waals surface area contributed by atoms with E-state index < -0.39 is 11.8 Å². The maximum absolute atomic E-state index is 11.1. The molecule has 5 heteroatoms. The summed E-state index contributed by atoms with van der Waals surface area (Å²) in [4.78, 5) is 22.0. The molecule has 16 heavy (non-hydrogen) atoms. The maximum Gasteiger partial charge on any atom is 0.341 e. The highest BCUT2D eigenvalue weighted by atomic mass is 79.9. The zero-order chi connectivity index (χ0) is 12.3. The van der Waals surface area contributed by atoms with Gasteiger partial charge in [0.25, 0.3) is 0 Å². The molecule has 0 spiro atoms. The van der Waals surface area contributed by atoms with Gasteiger partial charge in [-0.05, 0) is 24.6 Å². The first kappa shape index (κ1) is 12.4. The molecule has 0 heterocycles. The fourth-order valence-corrected chi connectivity index (χ4v) is 1.49. The molecule has 1 aromatic carbocycles. The molecule has 3 N–H and O–H groups in total. The molecular weight excluding hydrogens is 274 g/mol. The van der Waals surface area contributed by atoms with Crippen molar-refractivity contribution in [1.29, 1.82) is 0 Å². The van der Waals surface area contributed by atoms with Crippen LogP contribution in [0.4, 0.5) is 0 Å². The lowest BCUT2D eigenvalue weighted by atomic mass is 10.0. The predicted octanol–water partition coefficient (Wildman–Crippen LogP) is 1.79. The Labute approximate surface area is 101 Å². The van der Waals surface area contributed by atoms with E-state index in [1.165, 1.54) is 6.92 Å². The van der Waals surface area contributed by atoms with Gasteiger partial charge >= 0.3 is 5.97 Å². The quantitative estimate of drug-likeness (QED) is 0.504. The fraction of sp³-hybridized carbons (Fsp3) is 0.0909. The van der Waals surface area contributed by atoms with Crippen molar-refractivity contribution in [1.82, 2.24) is 0 Å². The number of halogens is 1. The third-order valence-corrected chi connectivity index (χ3v) is 2.52. The van der Waals surface area contributed by atoms with Crippen LogP contribution in [-0.4, -0.2) is 16.9 Å². The number of Topliss-reactive ketones (excluding diaryl/α,β-unsaturated/α-hetero) is 1. The molecule has 0 aromatic heterocycles. The Balaban J connectivity index is 3.29. The van der Waals surface area contributed by atoms with Gasteiger partial charge in [0.1, 0.15) is 5.57 Å². The van der Waals surface area contributed by atoms with Crippen molar-refractivity contribution in [3.05, 3.63) is 39.9 Å². The highest BCUT2D eigenvalue weighted by Gasteiger charge is 2.18. The van der Waals surface area contributed by atoms with Crippen LogP contribution >= 0.6 is 15.9 Å². The molecule has 0 saturated heterocycles. The Kier molecular flexibility index (Phi) is 3.84. The molecule has 0 aliphatic rings. The summed E-state index contributed by atoms with van der Waals surface area (Å²) in [6.07, 6.45) is 0. The van der Waals surface area contributed by atoms with Crippen molar-refractivity contribution in [2.75, 3.05) is 0 Å². The summed E-state index contributed by atoms with van der Waals surface area (Å²) in [6, 6.07) is 6.74. The second-order valence-electron chi connectivity index (χ2n) is 3.16. The Morgan fingerprint density at radius 2 is 1.75 bits per heavy atom. The van der Waals surface area contributed by atoms with E-state index in [1.807, 2.05) is 0 Å². The molecule has 0 atom stereocenters. The number of benzene rings is 1. The summed E-state index contributed by atoms with van der Waals surface area (Å²) in [5.74, 6) is -1.87. The number of carbonyl (C=O) groups excluding carboxylic acids is 1. The molecular formula is C11H10BrNO3. The van der Waals surface area contributed by atoms with E-state index in [2.05, 4.69) is 15.9 Å². The summed E-state index contributed by atoms with van der Waals surface area (Å²) >= 11 is 3.25. The summed E-state index contributed by atoms with van der Waals surface area (Å²) in [5.41, 5.74) is 5.76. The van der Waals surface area contributed by atoms with Crippen molar-refractivity contribution in [3.63, 3.8) is 0 Å². The summed E-state index contributed by atoms with van der Waals surface area (Å²) in [6.45, 7) is 1.18. The average Bonchev–Trinajstić information content (AvgIpc) is 2.17. The second kappa shape index (κ2) is 4.94. The molecule has 4 nitrogen and oxygen atoms in total. The average molecular weight is 284 g/mol. The first-order valence-electron chi connectivity index (χ1n) is 4.43. The minimum atomic E-state index is -1.31. The molecule has 0 aliphatic heterocycles. The number of hydrogen-bond donors (Lipinski definition) is 2. The lowest BCUT2D eigenvalue weighted by Gasteiger charge is -2.05. The Morgan fingerprint density at radius 1 is 1.25 bits per heavy atom. The van der Waals surface area contributed by atoms with Crippen molar-refractivity contribution < 1.29 is 14.7 Å². The van der Waals surface area contributed by atoms with Gasteiger partial charge in [-0.1, -0.05) is 28.1 Å². The summed E-state index contributed by atoms with van der Waals surface area (Å²) in [7, 11) is 0. The van der Waals surface area contributed by atoms with E-state index in [0.717, 1.165) is 4.47 Å². The number of nitrogens with two attached hydrogens (primary N) is 1. The largest absolute Gasteiger partial charge is 0.477 e. The molecule has 0 unspecified atom stereocenters. The van der Waals surface area contributed by atoms with Crippen LogP contribution in [0.5, 0.6) is 0 Å². The predicted molar refractivity (Wildman–Crippen MR) is 63.6 cm³/mol. The smallest absolute Gasteiger partial charge is 0.341 e. The topological polar surface area (TPSA) is 80.4 Å². The van der Waals surface area contributed by atoms with Gasteiger partial charge in [-0.25, -0.2) is 4.79 Å². The zero-order valence-electron chi connectivity index (χ0n) is 8.53. The molecule has 1 rings (SSSR count). The third kappa shape index (κ3) is 2.70. The van der Waals surface area contributed by atoms with Gasteiger partial charge in [-0.15, -0.1) is 0 Å². The first-order chi connectivity index (χ1) is 7.43. The van der Waals surface area contributed by atoms with Gasteiger partial charge in [-0.3, -0.25) is 4.79 Å². The first-order valence-corrected chi connectivity index (χ1v) is 5.22. The standard InChI is InChI=1S/C11H10BrNO3/c1-6(14)9(11(15)16)10(13)7-2-4-8(12)5-3-7/h2-5H,13H2,1H3,(H,15,16). The normalized spacial score (nSPS) is 11.9. The van der Waals surface area contributed by atoms with Gasteiger partial charge in [0.2, 0.25) is 0 Å². The molecule has 0 fully saturated rings. The van der Waals surface area contributed by atoms with Crippen LogP contribution in [0.3, 0.4) is 0 Å². The van der Waals surface area contributed by atoms with Crippen LogP contribution < -0.4 is 5.73 Å².